The fraction of sp³-hybridized carbons (Fsp3) is 0.167. The highest BCUT2D eigenvalue weighted by atomic mass is 35.5. The van der Waals surface area contributed by atoms with Crippen molar-refractivity contribution in [2.45, 2.75) is 6.92 Å². The van der Waals surface area contributed by atoms with Crippen LogP contribution in [-0.4, -0.2) is 15.7 Å². The Morgan fingerprint density at radius 2 is 2.11 bits per heavy atom. The summed E-state index contributed by atoms with van der Waals surface area (Å²) in [5, 5.41) is 7.67. The largest absolute Gasteiger partial charge is 0.321 e. The Labute approximate surface area is 115 Å². The SMILES string of the molecule is Cc1c(C(=O)Nc2ccc(Cl)cc2Cl)cnn1C. The highest BCUT2D eigenvalue weighted by Crippen LogP contribution is 2.25. The minimum absolute atomic E-state index is 0.246. The summed E-state index contributed by atoms with van der Waals surface area (Å²) in [6.07, 6.45) is 1.52. The fourth-order valence-electron chi connectivity index (χ4n) is 1.50. The molecular formula is C12H11Cl2N3O. The lowest BCUT2D eigenvalue weighted by atomic mass is 10.2. The van der Waals surface area contributed by atoms with Crippen molar-refractivity contribution in [1.82, 2.24) is 9.78 Å². The molecule has 0 aliphatic rings. The van der Waals surface area contributed by atoms with E-state index in [1.54, 1.807) is 29.9 Å². The number of carbonyl (C=O) groups is 1. The van der Waals surface area contributed by atoms with E-state index in [1.807, 2.05) is 6.92 Å². The molecule has 2 rings (SSSR count). The van der Waals surface area contributed by atoms with Crippen LogP contribution in [0.2, 0.25) is 10.0 Å². The van der Waals surface area contributed by atoms with Crippen LogP contribution in [0.3, 0.4) is 0 Å². The zero-order valence-corrected chi connectivity index (χ0v) is 11.4. The average molecular weight is 284 g/mol. The van der Waals surface area contributed by atoms with Crippen molar-refractivity contribution in [2.75, 3.05) is 5.32 Å². The molecule has 18 heavy (non-hydrogen) atoms. The van der Waals surface area contributed by atoms with E-state index in [2.05, 4.69) is 10.4 Å². The summed E-state index contributed by atoms with van der Waals surface area (Å²) in [6, 6.07) is 4.91. The third-order valence-electron chi connectivity index (χ3n) is 2.66. The second kappa shape index (κ2) is 5.00. The summed E-state index contributed by atoms with van der Waals surface area (Å²) < 4.78 is 1.64. The quantitative estimate of drug-likeness (QED) is 0.919. The van der Waals surface area contributed by atoms with E-state index < -0.39 is 0 Å². The average Bonchev–Trinajstić information content (AvgIpc) is 2.64. The Morgan fingerprint density at radius 1 is 1.39 bits per heavy atom. The van der Waals surface area contributed by atoms with Gasteiger partial charge in [-0.25, -0.2) is 0 Å². The molecule has 94 valence electrons. The molecule has 0 fully saturated rings. The Morgan fingerprint density at radius 3 is 2.67 bits per heavy atom. The maximum atomic E-state index is 12.0. The Bertz CT molecular complexity index is 607. The van der Waals surface area contributed by atoms with Crippen LogP contribution < -0.4 is 5.32 Å². The molecule has 0 saturated heterocycles. The smallest absolute Gasteiger partial charge is 0.259 e. The summed E-state index contributed by atoms with van der Waals surface area (Å²) in [7, 11) is 1.78. The van der Waals surface area contributed by atoms with Gasteiger partial charge in [0.05, 0.1) is 22.5 Å². The summed E-state index contributed by atoms with van der Waals surface area (Å²) in [5.74, 6) is -0.246. The second-order valence-corrected chi connectivity index (χ2v) is 4.69. The predicted molar refractivity (Wildman–Crippen MR) is 72.4 cm³/mol. The van der Waals surface area contributed by atoms with Crippen molar-refractivity contribution in [3.63, 3.8) is 0 Å². The Hall–Kier alpha value is -1.52. The first kappa shape index (κ1) is 12.9. The van der Waals surface area contributed by atoms with E-state index in [1.165, 1.54) is 6.20 Å². The number of aryl methyl sites for hydroxylation is 1. The number of hydrogen-bond acceptors (Lipinski definition) is 2. The minimum Gasteiger partial charge on any atom is -0.321 e. The van der Waals surface area contributed by atoms with Gasteiger partial charge in [-0.05, 0) is 25.1 Å². The fourth-order valence-corrected chi connectivity index (χ4v) is 1.96. The summed E-state index contributed by atoms with van der Waals surface area (Å²) in [4.78, 5) is 12.0. The number of rotatable bonds is 2. The van der Waals surface area contributed by atoms with Gasteiger partial charge in [-0.1, -0.05) is 23.2 Å². The van der Waals surface area contributed by atoms with Crippen LogP contribution in [0.25, 0.3) is 0 Å². The number of halogens is 2. The standard InChI is InChI=1S/C12H11Cl2N3O/c1-7-9(6-15-17(7)2)12(18)16-11-4-3-8(13)5-10(11)14/h3-6H,1-2H3,(H,16,18). The predicted octanol–water partition coefficient (Wildman–Crippen LogP) is 3.29. The summed E-state index contributed by atoms with van der Waals surface area (Å²) in [5.41, 5.74) is 1.83. The molecule has 0 unspecified atom stereocenters. The van der Waals surface area contributed by atoms with Gasteiger partial charge in [-0.3, -0.25) is 9.48 Å². The lowest BCUT2D eigenvalue weighted by molar-refractivity contribution is 0.102. The number of carbonyl (C=O) groups excluding carboxylic acids is 1. The summed E-state index contributed by atoms with van der Waals surface area (Å²) >= 11 is 11.8. The van der Waals surface area contributed by atoms with Crippen LogP contribution in [0.1, 0.15) is 16.1 Å². The van der Waals surface area contributed by atoms with Crippen molar-refractivity contribution in [3.05, 3.63) is 45.7 Å². The molecule has 1 heterocycles. The van der Waals surface area contributed by atoms with Crippen molar-refractivity contribution in [2.24, 2.45) is 7.05 Å². The van der Waals surface area contributed by atoms with Crippen molar-refractivity contribution in [1.29, 1.82) is 0 Å². The van der Waals surface area contributed by atoms with E-state index in [9.17, 15) is 4.79 Å². The number of nitrogens with zero attached hydrogens (tertiary/aromatic N) is 2. The molecule has 0 aliphatic carbocycles. The number of nitrogens with one attached hydrogen (secondary N) is 1. The van der Waals surface area contributed by atoms with Crippen LogP contribution in [0.4, 0.5) is 5.69 Å². The summed E-state index contributed by atoms with van der Waals surface area (Å²) in [6.45, 7) is 1.82. The van der Waals surface area contributed by atoms with Gasteiger partial charge in [0.1, 0.15) is 0 Å². The molecule has 4 nitrogen and oxygen atoms in total. The number of benzene rings is 1. The maximum absolute atomic E-state index is 12.0. The topological polar surface area (TPSA) is 46.9 Å². The van der Waals surface area contributed by atoms with Crippen LogP contribution in [-0.2, 0) is 7.05 Å². The number of anilines is 1. The first-order valence-corrected chi connectivity index (χ1v) is 5.99. The van der Waals surface area contributed by atoms with Gasteiger partial charge in [-0.2, -0.15) is 5.10 Å². The Balaban J connectivity index is 2.24. The van der Waals surface area contributed by atoms with E-state index >= 15 is 0 Å². The van der Waals surface area contributed by atoms with E-state index in [0.717, 1.165) is 5.69 Å². The highest BCUT2D eigenvalue weighted by molar-refractivity contribution is 6.36. The molecule has 0 spiro atoms. The van der Waals surface area contributed by atoms with Gasteiger partial charge in [-0.15, -0.1) is 0 Å². The van der Waals surface area contributed by atoms with Gasteiger partial charge in [0.25, 0.3) is 5.91 Å². The van der Waals surface area contributed by atoms with Crippen molar-refractivity contribution in [3.8, 4) is 0 Å². The molecular weight excluding hydrogens is 273 g/mol. The molecule has 0 saturated carbocycles. The number of aromatic nitrogens is 2. The molecule has 0 bridgehead atoms. The molecule has 2 aromatic rings. The molecule has 0 radical (unpaired) electrons. The van der Waals surface area contributed by atoms with E-state index in [4.69, 9.17) is 23.2 Å². The van der Waals surface area contributed by atoms with Crippen LogP contribution in [0, 0.1) is 6.92 Å². The molecule has 1 aromatic carbocycles. The zero-order chi connectivity index (χ0) is 13.3. The number of amides is 1. The lowest BCUT2D eigenvalue weighted by Crippen LogP contribution is -2.13. The first-order chi connectivity index (χ1) is 8.49. The maximum Gasteiger partial charge on any atom is 0.259 e. The van der Waals surface area contributed by atoms with Crippen molar-refractivity contribution >= 4 is 34.8 Å². The van der Waals surface area contributed by atoms with Crippen LogP contribution in [0.5, 0.6) is 0 Å². The van der Waals surface area contributed by atoms with E-state index in [0.29, 0.717) is 21.3 Å². The first-order valence-electron chi connectivity index (χ1n) is 5.24. The van der Waals surface area contributed by atoms with Crippen molar-refractivity contribution < 1.29 is 4.79 Å². The van der Waals surface area contributed by atoms with Gasteiger partial charge >= 0.3 is 0 Å². The molecule has 1 aromatic heterocycles. The molecule has 0 atom stereocenters. The second-order valence-electron chi connectivity index (χ2n) is 3.85. The monoisotopic (exact) mass is 283 g/mol. The minimum atomic E-state index is -0.246. The normalized spacial score (nSPS) is 10.4. The van der Waals surface area contributed by atoms with Gasteiger partial charge < -0.3 is 5.32 Å². The number of hydrogen-bond donors (Lipinski definition) is 1. The molecule has 1 amide bonds. The van der Waals surface area contributed by atoms with E-state index in [-0.39, 0.29) is 5.91 Å². The Kier molecular flexibility index (Phi) is 3.59. The molecule has 1 N–H and O–H groups in total. The third kappa shape index (κ3) is 2.49. The highest BCUT2D eigenvalue weighted by Gasteiger charge is 2.14. The zero-order valence-electron chi connectivity index (χ0n) is 9.87. The van der Waals surface area contributed by atoms with Gasteiger partial charge in [0.15, 0.2) is 0 Å². The molecule has 6 heteroatoms. The van der Waals surface area contributed by atoms with Crippen LogP contribution >= 0.6 is 23.2 Å². The third-order valence-corrected chi connectivity index (χ3v) is 3.21. The van der Waals surface area contributed by atoms with Gasteiger partial charge in [0, 0.05) is 17.8 Å². The van der Waals surface area contributed by atoms with Gasteiger partial charge in [0.2, 0.25) is 0 Å². The molecule has 0 aliphatic heterocycles. The van der Waals surface area contributed by atoms with Crippen LogP contribution in [0.15, 0.2) is 24.4 Å². The lowest BCUT2D eigenvalue weighted by Gasteiger charge is -2.07.